The number of hydrogen-bond donors (Lipinski definition) is 0. The molecule has 2 aromatic rings. The summed E-state index contributed by atoms with van der Waals surface area (Å²) in [6, 6.07) is 1.84. The molecule has 3 heterocycles. The molecule has 0 aliphatic carbocycles. The number of methoxy groups -OCH3 is 1. The summed E-state index contributed by atoms with van der Waals surface area (Å²) in [5.41, 5.74) is 2.29. The Bertz CT molecular complexity index is 729. The number of carbonyl (C=O) groups is 1. The fourth-order valence-corrected chi connectivity index (χ4v) is 3.11. The standard InChI is InChI=1S/C16H22N6O2/c1-20(2)14-5-6-17-7-11(14)16(23)22-8-12(15(10-22)24-4)13-9-21(3)19-18-13/h5-7,9,12,15H,8,10H2,1-4H3/t12-,15+/m0/s1. The SMILES string of the molecule is CO[C@@H]1CN(C(=O)c2cnccc2N(C)C)C[C@H]1c1cn(C)nn1. The smallest absolute Gasteiger partial charge is 0.257 e. The van der Waals surface area contributed by atoms with Gasteiger partial charge in [-0.05, 0) is 6.07 Å². The average molecular weight is 330 g/mol. The van der Waals surface area contributed by atoms with Crippen LogP contribution >= 0.6 is 0 Å². The molecular weight excluding hydrogens is 308 g/mol. The van der Waals surface area contributed by atoms with Crippen LogP contribution in [0, 0.1) is 0 Å². The van der Waals surface area contributed by atoms with Crippen molar-refractivity contribution in [2.24, 2.45) is 7.05 Å². The molecule has 0 radical (unpaired) electrons. The molecule has 1 aliphatic heterocycles. The van der Waals surface area contributed by atoms with Gasteiger partial charge in [0, 0.05) is 59.9 Å². The highest BCUT2D eigenvalue weighted by atomic mass is 16.5. The highest BCUT2D eigenvalue weighted by Gasteiger charge is 2.38. The van der Waals surface area contributed by atoms with Crippen molar-refractivity contribution in [2.45, 2.75) is 12.0 Å². The zero-order valence-corrected chi connectivity index (χ0v) is 14.4. The van der Waals surface area contributed by atoms with Crippen LogP contribution in [0.5, 0.6) is 0 Å². The largest absolute Gasteiger partial charge is 0.379 e. The fourth-order valence-electron chi connectivity index (χ4n) is 3.11. The second-order valence-corrected chi connectivity index (χ2v) is 6.20. The minimum Gasteiger partial charge on any atom is -0.379 e. The predicted octanol–water partition coefficient (Wildman–Crippen LogP) is 0.531. The van der Waals surface area contributed by atoms with Crippen LogP contribution in [0.25, 0.3) is 0 Å². The van der Waals surface area contributed by atoms with E-state index in [-0.39, 0.29) is 17.9 Å². The highest BCUT2D eigenvalue weighted by Crippen LogP contribution is 2.30. The normalized spacial score (nSPS) is 20.4. The van der Waals surface area contributed by atoms with E-state index >= 15 is 0 Å². The van der Waals surface area contributed by atoms with E-state index in [4.69, 9.17) is 4.74 Å². The minimum absolute atomic E-state index is 0.0205. The topological polar surface area (TPSA) is 76.4 Å². The molecule has 2 aromatic heterocycles. The summed E-state index contributed by atoms with van der Waals surface area (Å²) < 4.78 is 7.25. The lowest BCUT2D eigenvalue weighted by molar-refractivity contribution is 0.0714. The number of hydrogen-bond acceptors (Lipinski definition) is 6. The Labute approximate surface area is 141 Å². The molecule has 1 fully saturated rings. The van der Waals surface area contributed by atoms with Crippen molar-refractivity contribution >= 4 is 11.6 Å². The zero-order valence-electron chi connectivity index (χ0n) is 14.4. The van der Waals surface area contributed by atoms with Crippen LogP contribution in [-0.4, -0.2) is 71.2 Å². The van der Waals surface area contributed by atoms with Gasteiger partial charge < -0.3 is 14.5 Å². The predicted molar refractivity (Wildman–Crippen MR) is 89.0 cm³/mol. The second-order valence-electron chi connectivity index (χ2n) is 6.20. The van der Waals surface area contributed by atoms with E-state index in [0.717, 1.165) is 11.4 Å². The summed E-state index contributed by atoms with van der Waals surface area (Å²) in [5.74, 6) is -0.0210. The summed E-state index contributed by atoms with van der Waals surface area (Å²) >= 11 is 0. The van der Waals surface area contributed by atoms with Gasteiger partial charge in [-0.3, -0.25) is 14.5 Å². The number of aryl methyl sites for hydroxylation is 1. The van der Waals surface area contributed by atoms with Crippen LogP contribution in [0.4, 0.5) is 5.69 Å². The van der Waals surface area contributed by atoms with E-state index in [0.29, 0.717) is 18.7 Å². The molecule has 24 heavy (non-hydrogen) atoms. The Kier molecular flexibility index (Phi) is 4.48. The third-order valence-electron chi connectivity index (χ3n) is 4.37. The van der Waals surface area contributed by atoms with Gasteiger partial charge in [-0.25, -0.2) is 0 Å². The van der Waals surface area contributed by atoms with E-state index in [1.54, 1.807) is 29.1 Å². The maximum Gasteiger partial charge on any atom is 0.257 e. The third kappa shape index (κ3) is 2.96. The van der Waals surface area contributed by atoms with Crippen LogP contribution in [-0.2, 0) is 11.8 Å². The minimum atomic E-state index is -0.0925. The molecule has 0 N–H and O–H groups in total. The number of aromatic nitrogens is 4. The van der Waals surface area contributed by atoms with E-state index < -0.39 is 0 Å². The quantitative estimate of drug-likeness (QED) is 0.814. The van der Waals surface area contributed by atoms with Crippen molar-refractivity contribution in [3.05, 3.63) is 35.9 Å². The van der Waals surface area contributed by atoms with Gasteiger partial charge in [0.2, 0.25) is 0 Å². The van der Waals surface area contributed by atoms with Crippen molar-refractivity contribution in [2.75, 3.05) is 39.2 Å². The summed E-state index contributed by atoms with van der Waals surface area (Å²) in [6.45, 7) is 1.08. The number of nitrogens with zero attached hydrogens (tertiary/aromatic N) is 6. The fraction of sp³-hybridized carbons (Fsp3) is 0.500. The van der Waals surface area contributed by atoms with Gasteiger partial charge in [0.1, 0.15) is 0 Å². The van der Waals surface area contributed by atoms with Gasteiger partial charge in [-0.15, -0.1) is 5.10 Å². The van der Waals surface area contributed by atoms with Gasteiger partial charge >= 0.3 is 0 Å². The zero-order chi connectivity index (χ0) is 17.3. The van der Waals surface area contributed by atoms with Gasteiger partial charge in [0.25, 0.3) is 5.91 Å². The van der Waals surface area contributed by atoms with Crippen LogP contribution in [0.15, 0.2) is 24.7 Å². The van der Waals surface area contributed by atoms with Crippen LogP contribution in [0.1, 0.15) is 22.0 Å². The average Bonchev–Trinajstić information content (AvgIpc) is 3.19. The number of rotatable bonds is 4. The number of ether oxygens (including phenoxy) is 1. The Hall–Kier alpha value is -2.48. The third-order valence-corrected chi connectivity index (χ3v) is 4.37. The molecule has 0 aromatic carbocycles. The number of likely N-dealkylation sites (tertiary alicyclic amines) is 1. The van der Waals surface area contributed by atoms with E-state index in [9.17, 15) is 4.79 Å². The van der Waals surface area contributed by atoms with Crippen molar-refractivity contribution in [3.8, 4) is 0 Å². The molecule has 8 heteroatoms. The molecule has 1 aliphatic rings. The van der Waals surface area contributed by atoms with E-state index in [2.05, 4.69) is 15.3 Å². The van der Waals surface area contributed by atoms with Crippen molar-refractivity contribution in [3.63, 3.8) is 0 Å². The monoisotopic (exact) mass is 330 g/mol. The highest BCUT2D eigenvalue weighted by molar-refractivity contribution is 5.99. The lowest BCUT2D eigenvalue weighted by Crippen LogP contribution is -2.31. The molecule has 3 rings (SSSR count). The Morgan fingerprint density at radius 3 is 2.79 bits per heavy atom. The lowest BCUT2D eigenvalue weighted by Gasteiger charge is -2.21. The molecule has 8 nitrogen and oxygen atoms in total. The first-order valence-electron chi connectivity index (χ1n) is 7.81. The summed E-state index contributed by atoms with van der Waals surface area (Å²) in [6.07, 6.45) is 5.09. The molecule has 0 saturated carbocycles. The molecule has 128 valence electrons. The molecular formula is C16H22N6O2. The number of carbonyl (C=O) groups excluding carboxylic acids is 1. The van der Waals surface area contributed by atoms with Gasteiger partial charge in [-0.2, -0.15) is 0 Å². The molecule has 1 saturated heterocycles. The second kappa shape index (κ2) is 6.56. The molecule has 2 atom stereocenters. The summed E-state index contributed by atoms with van der Waals surface area (Å²) in [7, 11) is 7.32. The van der Waals surface area contributed by atoms with Crippen molar-refractivity contribution < 1.29 is 9.53 Å². The Morgan fingerprint density at radius 1 is 1.38 bits per heavy atom. The van der Waals surface area contributed by atoms with Gasteiger partial charge in [0.15, 0.2) is 0 Å². The van der Waals surface area contributed by atoms with E-state index in [1.165, 1.54) is 0 Å². The Morgan fingerprint density at radius 2 is 2.17 bits per heavy atom. The van der Waals surface area contributed by atoms with Crippen LogP contribution in [0.3, 0.4) is 0 Å². The van der Waals surface area contributed by atoms with Gasteiger partial charge in [0.05, 0.1) is 29.0 Å². The number of anilines is 1. The van der Waals surface area contributed by atoms with Crippen molar-refractivity contribution in [1.29, 1.82) is 0 Å². The number of amides is 1. The summed E-state index contributed by atoms with van der Waals surface area (Å²) in [5, 5.41) is 8.17. The van der Waals surface area contributed by atoms with Crippen LogP contribution < -0.4 is 4.90 Å². The van der Waals surface area contributed by atoms with Crippen LogP contribution in [0.2, 0.25) is 0 Å². The lowest BCUT2D eigenvalue weighted by atomic mass is 10.0. The first kappa shape index (κ1) is 16.4. The maximum absolute atomic E-state index is 13.0. The van der Waals surface area contributed by atoms with E-state index in [1.807, 2.05) is 38.3 Å². The molecule has 0 spiro atoms. The number of pyridine rings is 1. The molecule has 0 bridgehead atoms. The van der Waals surface area contributed by atoms with Crippen molar-refractivity contribution in [1.82, 2.24) is 24.9 Å². The van der Waals surface area contributed by atoms with Gasteiger partial charge in [-0.1, -0.05) is 5.21 Å². The summed E-state index contributed by atoms with van der Waals surface area (Å²) in [4.78, 5) is 20.8. The Balaban J connectivity index is 1.84. The first-order chi connectivity index (χ1) is 11.5. The molecule has 0 unspecified atom stereocenters. The molecule has 1 amide bonds. The maximum atomic E-state index is 13.0. The first-order valence-corrected chi connectivity index (χ1v) is 7.81.